The van der Waals surface area contributed by atoms with Crippen molar-refractivity contribution in [1.29, 1.82) is 0 Å². The summed E-state index contributed by atoms with van der Waals surface area (Å²) in [4.78, 5) is 195. The van der Waals surface area contributed by atoms with Gasteiger partial charge in [0.15, 0.2) is 0 Å². The molecule has 6 fully saturated rings. The molecule has 4 saturated heterocycles. The number of nitrogens with zero attached hydrogens (tertiary/aromatic N) is 9. The highest BCUT2D eigenvalue weighted by molar-refractivity contribution is 6.31. The summed E-state index contributed by atoms with van der Waals surface area (Å²) in [7, 11) is 7.17. The number of likely N-dealkylation sites (N-methyl/N-ethyl adjacent to an activating group) is 5. The highest BCUT2D eigenvalue weighted by Gasteiger charge is 2.52. The third kappa shape index (κ3) is 19.7. The zero-order valence-corrected chi connectivity index (χ0v) is 64.7. The van der Waals surface area contributed by atoms with E-state index in [0.717, 1.165) is 35.4 Å². The molecule has 0 radical (unpaired) electrons. The van der Waals surface area contributed by atoms with Gasteiger partial charge >= 0.3 is 6.18 Å². The number of halogens is 4. The maximum Gasteiger partial charge on any atom is 0.417 e. The lowest BCUT2D eigenvalue weighted by molar-refractivity contribution is -0.161. The van der Waals surface area contributed by atoms with Gasteiger partial charge < -0.3 is 64.8 Å². The molecule has 0 aromatic heterocycles. The number of benzene rings is 2. The molecule has 8 rings (SSSR count). The Balaban J connectivity index is 1.21. The number of ether oxygens (including phenoxy) is 1. The Labute approximate surface area is 627 Å². The van der Waals surface area contributed by atoms with Crippen molar-refractivity contribution in [2.45, 2.75) is 237 Å². The maximum atomic E-state index is 15.8. The zero-order valence-electron chi connectivity index (χ0n) is 63.9. The molecule has 0 bridgehead atoms. The molecule has 10 atom stereocenters. The average Bonchev–Trinajstić information content (AvgIpc) is 1.08. The van der Waals surface area contributed by atoms with Crippen LogP contribution in [0.1, 0.15) is 173 Å². The van der Waals surface area contributed by atoms with Gasteiger partial charge in [0.25, 0.3) is 0 Å². The molecule has 586 valence electrons. The van der Waals surface area contributed by atoms with E-state index in [4.69, 9.17) is 16.3 Å². The summed E-state index contributed by atoms with van der Waals surface area (Å²) < 4.78 is 47.5. The number of carbonyl (C=O) groups is 12. The van der Waals surface area contributed by atoms with Gasteiger partial charge in [-0.3, -0.25) is 57.5 Å². The Morgan fingerprint density at radius 3 is 1.92 bits per heavy atom. The molecule has 2 aliphatic carbocycles. The number of hydrogen-bond donors (Lipinski definition) is 3. The van der Waals surface area contributed by atoms with E-state index in [0.29, 0.717) is 56.9 Å². The van der Waals surface area contributed by atoms with Crippen LogP contribution in [0.4, 0.5) is 13.2 Å². The summed E-state index contributed by atoms with van der Waals surface area (Å²) >= 11 is 6.20. The topological polar surface area (TPSA) is 279 Å². The number of hydrogen-bond acceptors (Lipinski definition) is 13. The van der Waals surface area contributed by atoms with E-state index in [1.807, 2.05) is 58.9 Å². The van der Waals surface area contributed by atoms with E-state index in [1.54, 1.807) is 6.92 Å². The second-order valence-corrected chi connectivity index (χ2v) is 31.1. The van der Waals surface area contributed by atoms with E-state index in [-0.39, 0.29) is 109 Å². The molecule has 12 amide bonds. The number of carbonyl (C=O) groups excluding carboxylic acids is 12. The number of rotatable bonds is 14. The van der Waals surface area contributed by atoms with Crippen molar-refractivity contribution in [3.05, 3.63) is 69.7 Å². The Morgan fingerprint density at radius 1 is 0.679 bits per heavy atom. The molecule has 0 unspecified atom stereocenters. The van der Waals surface area contributed by atoms with Crippen LogP contribution in [0.2, 0.25) is 5.02 Å². The van der Waals surface area contributed by atoms with Crippen molar-refractivity contribution in [2.75, 3.05) is 87.7 Å². The van der Waals surface area contributed by atoms with Crippen molar-refractivity contribution < 1.29 is 75.4 Å². The Morgan fingerprint density at radius 2 is 1.32 bits per heavy atom. The second-order valence-electron chi connectivity index (χ2n) is 30.7. The lowest BCUT2D eigenvalue weighted by atomic mass is 9.90. The first-order chi connectivity index (χ1) is 50.1. The maximum absolute atomic E-state index is 15.8. The van der Waals surface area contributed by atoms with Crippen molar-refractivity contribution >= 4 is 82.5 Å². The van der Waals surface area contributed by atoms with Gasteiger partial charge in [-0.15, -0.1) is 0 Å². The van der Waals surface area contributed by atoms with Crippen LogP contribution < -0.4 is 16.0 Å². The number of aryl methyl sites for hydroxylation is 2. The fourth-order valence-corrected chi connectivity index (χ4v) is 16.2. The standard InChI is InChI=1S/C77H112ClF3N12O13/c1-13-15-35-92-61(44-52-26-24-48(5)25-27-52)70(100)85(8)46-62(94)82-56(31-29-51-28-30-54(55(78)43-51)77(79,80)81)69(99)91-36-20-23-57(91)67(97)84-76(33-18-19-34-76)75(105)89(12)65(53-21-16-17-22-53)74(104)88(11)60(71(101)90-38-40-106-41-39-90)45-63(95)87(10)59(42-47(3)4)66(96)83-64(49(6)14-2)73(103)86(9)50(7)68(98)93-37-32-58(93)72(92)102/h24-28,30,43,47,49-50,53,56-61,64-65H,13-23,29,31-42,44-46H2,1-12H3,(H,82,94)(H,83,96)(H,84,97)/t49-,50-,56-,57-,58-,59-,60-,61-,64-,65-/m0/s1. The van der Waals surface area contributed by atoms with Crippen molar-refractivity contribution in [3.8, 4) is 0 Å². The van der Waals surface area contributed by atoms with Crippen LogP contribution in [0.25, 0.3) is 0 Å². The first kappa shape index (κ1) is 83.8. The van der Waals surface area contributed by atoms with Crippen LogP contribution in [-0.2, 0) is 81.3 Å². The third-order valence-electron chi connectivity index (χ3n) is 22.9. The van der Waals surface area contributed by atoms with E-state index < -0.39 is 172 Å². The minimum absolute atomic E-state index is 0.0201. The molecular formula is C77H112ClF3N12O13. The minimum atomic E-state index is -4.77. The molecule has 29 heteroatoms. The number of nitrogens with one attached hydrogen (secondary N) is 3. The van der Waals surface area contributed by atoms with Gasteiger partial charge in [0.2, 0.25) is 70.9 Å². The molecule has 25 nitrogen and oxygen atoms in total. The highest BCUT2D eigenvalue weighted by Crippen LogP contribution is 2.39. The predicted molar refractivity (Wildman–Crippen MR) is 391 cm³/mol. The van der Waals surface area contributed by atoms with Gasteiger partial charge in [0.1, 0.15) is 59.9 Å². The summed E-state index contributed by atoms with van der Waals surface area (Å²) in [6.45, 7) is 12.9. The first-order valence-electron chi connectivity index (χ1n) is 38.1. The quantitative estimate of drug-likeness (QED) is 0.191. The van der Waals surface area contributed by atoms with Crippen LogP contribution in [-0.4, -0.2) is 263 Å². The Kier molecular flexibility index (Phi) is 29.1. The molecule has 1 spiro atoms. The second kappa shape index (κ2) is 36.8. The molecule has 2 aromatic carbocycles. The number of morpholine rings is 1. The molecule has 4 heterocycles. The predicted octanol–water partition coefficient (Wildman–Crippen LogP) is 6.16. The van der Waals surface area contributed by atoms with Crippen LogP contribution in [0, 0.1) is 24.7 Å². The summed E-state index contributed by atoms with van der Waals surface area (Å²) in [5.74, 6) is -8.93. The van der Waals surface area contributed by atoms with Crippen molar-refractivity contribution in [1.82, 2.24) is 60.0 Å². The van der Waals surface area contributed by atoms with Crippen LogP contribution in [0.15, 0.2) is 42.5 Å². The normalized spacial score (nSPS) is 26.7. The van der Waals surface area contributed by atoms with Gasteiger partial charge in [-0.1, -0.05) is 121 Å². The average molecular weight is 1510 g/mol. The summed E-state index contributed by atoms with van der Waals surface area (Å²) in [5, 5.41) is 8.23. The van der Waals surface area contributed by atoms with Crippen molar-refractivity contribution in [3.63, 3.8) is 0 Å². The van der Waals surface area contributed by atoms with E-state index in [1.165, 1.54) is 87.4 Å². The Hall–Kier alpha value is -7.88. The number of fused-ring (bicyclic) bond motifs is 2. The molecule has 4 aliphatic heterocycles. The van der Waals surface area contributed by atoms with Gasteiger partial charge in [-0.2, -0.15) is 13.2 Å². The lowest BCUT2D eigenvalue weighted by Crippen LogP contribution is -2.65. The van der Waals surface area contributed by atoms with Gasteiger partial charge in [0.05, 0.1) is 36.8 Å². The van der Waals surface area contributed by atoms with Crippen LogP contribution in [0.3, 0.4) is 0 Å². The molecule has 106 heavy (non-hydrogen) atoms. The van der Waals surface area contributed by atoms with Crippen LogP contribution >= 0.6 is 11.6 Å². The summed E-state index contributed by atoms with van der Waals surface area (Å²) in [6, 6.07) is -0.788. The fraction of sp³-hybridized carbons (Fsp3) is 0.688. The number of amides is 12. The molecular weight excluding hydrogens is 1390 g/mol. The minimum Gasteiger partial charge on any atom is -0.378 e. The smallest absolute Gasteiger partial charge is 0.378 e. The lowest BCUT2D eigenvalue weighted by Gasteiger charge is -2.46. The third-order valence-corrected chi connectivity index (χ3v) is 23.2. The summed E-state index contributed by atoms with van der Waals surface area (Å²) in [5.41, 5.74) is -0.783. The molecule has 6 aliphatic rings. The number of alkyl halides is 3. The molecule has 2 aromatic rings. The largest absolute Gasteiger partial charge is 0.417 e. The van der Waals surface area contributed by atoms with Crippen molar-refractivity contribution in [2.24, 2.45) is 17.8 Å². The van der Waals surface area contributed by atoms with Gasteiger partial charge in [-0.25, -0.2) is 0 Å². The fourth-order valence-electron chi connectivity index (χ4n) is 15.9. The van der Waals surface area contributed by atoms with E-state index in [2.05, 4.69) is 16.0 Å². The zero-order chi connectivity index (χ0) is 77.8. The summed E-state index contributed by atoms with van der Waals surface area (Å²) in [6.07, 6.45) is 0.285. The Bertz CT molecular complexity index is 3510. The van der Waals surface area contributed by atoms with E-state index >= 15 is 47.9 Å². The van der Waals surface area contributed by atoms with Crippen LogP contribution in [0.5, 0.6) is 0 Å². The SMILES string of the molecule is CCCCN1C(=O)[C@@H]2CCN2C(=O)[C@H](C)N(C)C(=O)[C@H]([C@@H](C)CC)NC(=O)[C@H](CC(C)C)N(C)C(=O)C[C@@H](C(=O)N2CCOCC2)N(C)C(=O)[C@H](C2CCCC2)N(C)C(=O)C2(CCCC2)NC(=O)[C@@H]2CCCN2C(=O)[C@H](CCc2ccc(C(F)(F)F)c(Cl)c2)NC(=O)CN(C)C(=O)[C@@H]1Cc1ccc(C)cc1. The monoisotopic (exact) mass is 1500 g/mol. The van der Waals surface area contributed by atoms with E-state index in [9.17, 15) is 22.8 Å². The number of unbranched alkanes of at least 4 members (excludes halogenated alkanes) is 1. The van der Waals surface area contributed by atoms with Gasteiger partial charge in [0, 0.05) is 74.4 Å². The highest BCUT2D eigenvalue weighted by atomic mass is 35.5. The first-order valence-corrected chi connectivity index (χ1v) is 38.4. The van der Waals surface area contributed by atoms with Gasteiger partial charge in [-0.05, 0) is 125 Å². The molecule has 3 N–H and O–H groups in total. The molecule has 2 saturated carbocycles.